The van der Waals surface area contributed by atoms with E-state index in [-0.39, 0.29) is 21.5 Å². The first-order valence-corrected chi connectivity index (χ1v) is 6.12. The van der Waals surface area contributed by atoms with Crippen LogP contribution in [-0.2, 0) is 6.18 Å². The van der Waals surface area contributed by atoms with E-state index in [9.17, 15) is 13.2 Å². The molecule has 2 rings (SSSR count). The summed E-state index contributed by atoms with van der Waals surface area (Å²) >= 11 is 11.8. The number of ether oxygens (including phenoxy) is 1. The Morgan fingerprint density at radius 2 is 1.60 bits per heavy atom. The fourth-order valence-electron chi connectivity index (χ4n) is 1.53. The van der Waals surface area contributed by atoms with Crippen LogP contribution in [0.4, 0.5) is 18.9 Å². The molecule has 0 fully saturated rings. The smallest absolute Gasteiger partial charge is 0.416 e. The molecule has 0 saturated carbocycles. The van der Waals surface area contributed by atoms with E-state index in [1.165, 1.54) is 24.3 Å². The Morgan fingerprint density at radius 1 is 1.00 bits per heavy atom. The molecule has 0 atom stereocenters. The first-order chi connectivity index (χ1) is 9.27. The maximum Gasteiger partial charge on any atom is 0.416 e. The number of nitrogens with two attached hydrogens (primary N) is 1. The zero-order valence-corrected chi connectivity index (χ0v) is 11.4. The van der Waals surface area contributed by atoms with E-state index >= 15 is 0 Å². The van der Waals surface area contributed by atoms with Crippen molar-refractivity contribution in [3.05, 3.63) is 52.0 Å². The number of hydrogen-bond acceptors (Lipinski definition) is 2. The molecule has 2 nitrogen and oxygen atoms in total. The summed E-state index contributed by atoms with van der Waals surface area (Å²) in [5.41, 5.74) is 5.04. The maximum absolute atomic E-state index is 12.6. The zero-order chi connectivity index (χ0) is 14.9. The van der Waals surface area contributed by atoms with Crippen molar-refractivity contribution in [3.8, 4) is 11.5 Å². The Balaban J connectivity index is 2.36. The Labute approximate surface area is 122 Å². The van der Waals surface area contributed by atoms with Gasteiger partial charge in [0.05, 0.1) is 15.6 Å². The predicted octanol–water partition coefficient (Wildman–Crippen LogP) is 5.39. The third-order valence-corrected chi connectivity index (χ3v) is 2.96. The van der Waals surface area contributed by atoms with Crippen molar-refractivity contribution >= 4 is 28.9 Å². The minimum atomic E-state index is -4.45. The van der Waals surface area contributed by atoms with Crippen molar-refractivity contribution in [2.45, 2.75) is 6.18 Å². The van der Waals surface area contributed by atoms with Crippen LogP contribution in [0, 0.1) is 0 Å². The van der Waals surface area contributed by atoms with Gasteiger partial charge in [-0.3, -0.25) is 0 Å². The zero-order valence-electron chi connectivity index (χ0n) is 9.84. The van der Waals surface area contributed by atoms with Gasteiger partial charge in [-0.1, -0.05) is 29.3 Å². The van der Waals surface area contributed by atoms with E-state index in [0.717, 1.165) is 12.1 Å². The normalized spacial score (nSPS) is 11.4. The summed E-state index contributed by atoms with van der Waals surface area (Å²) < 4.78 is 43.1. The molecular weight excluding hydrogens is 314 g/mol. The van der Waals surface area contributed by atoms with Crippen molar-refractivity contribution in [1.29, 1.82) is 0 Å². The highest BCUT2D eigenvalue weighted by molar-refractivity contribution is 6.37. The number of halogens is 5. The lowest BCUT2D eigenvalue weighted by Crippen LogP contribution is -2.04. The SMILES string of the molecule is Nc1cc(Cl)c(Oc2cccc(C(F)(F)F)c2)c(Cl)c1. The third-order valence-electron chi connectivity index (χ3n) is 2.40. The van der Waals surface area contributed by atoms with Crippen LogP contribution in [0.15, 0.2) is 36.4 Å². The lowest BCUT2D eigenvalue weighted by molar-refractivity contribution is -0.137. The summed E-state index contributed by atoms with van der Waals surface area (Å²) in [4.78, 5) is 0. The first kappa shape index (κ1) is 14.8. The molecule has 20 heavy (non-hydrogen) atoms. The summed E-state index contributed by atoms with van der Waals surface area (Å²) in [7, 11) is 0. The highest BCUT2D eigenvalue weighted by Crippen LogP contribution is 2.39. The van der Waals surface area contributed by atoms with E-state index in [0.29, 0.717) is 5.69 Å². The summed E-state index contributed by atoms with van der Waals surface area (Å²) in [6.45, 7) is 0. The molecule has 2 aromatic carbocycles. The molecule has 2 aromatic rings. The molecule has 0 radical (unpaired) electrons. The quantitative estimate of drug-likeness (QED) is 0.753. The molecule has 7 heteroatoms. The monoisotopic (exact) mass is 321 g/mol. The summed E-state index contributed by atoms with van der Waals surface area (Å²) in [6.07, 6.45) is -4.45. The van der Waals surface area contributed by atoms with Gasteiger partial charge in [-0.2, -0.15) is 13.2 Å². The van der Waals surface area contributed by atoms with Crippen LogP contribution >= 0.6 is 23.2 Å². The lowest BCUT2D eigenvalue weighted by Gasteiger charge is -2.12. The molecule has 0 saturated heterocycles. The molecule has 0 aliphatic heterocycles. The number of anilines is 1. The molecule has 0 amide bonds. The minimum absolute atomic E-state index is 0.0200. The highest BCUT2D eigenvalue weighted by Gasteiger charge is 2.30. The minimum Gasteiger partial charge on any atom is -0.454 e. The van der Waals surface area contributed by atoms with Gasteiger partial charge in [-0.25, -0.2) is 0 Å². The molecule has 0 aromatic heterocycles. The van der Waals surface area contributed by atoms with Gasteiger partial charge < -0.3 is 10.5 Å². The molecule has 0 unspecified atom stereocenters. The third kappa shape index (κ3) is 3.29. The number of rotatable bonds is 2. The summed E-state index contributed by atoms with van der Waals surface area (Å²) in [6, 6.07) is 7.21. The average molecular weight is 322 g/mol. The standard InChI is InChI=1S/C13H8Cl2F3NO/c14-10-5-8(19)6-11(15)12(10)20-9-3-1-2-7(4-9)13(16,17)18/h1-6H,19H2. The van der Waals surface area contributed by atoms with Crippen LogP contribution in [-0.4, -0.2) is 0 Å². The van der Waals surface area contributed by atoms with Crippen molar-refractivity contribution in [2.75, 3.05) is 5.73 Å². The van der Waals surface area contributed by atoms with Crippen molar-refractivity contribution in [2.24, 2.45) is 0 Å². The number of hydrogen-bond donors (Lipinski definition) is 1. The van der Waals surface area contributed by atoms with Gasteiger partial charge in [-0.15, -0.1) is 0 Å². The molecule has 0 aliphatic carbocycles. The number of benzene rings is 2. The molecular formula is C13H8Cl2F3NO. The topological polar surface area (TPSA) is 35.2 Å². The van der Waals surface area contributed by atoms with Crippen LogP contribution in [0.2, 0.25) is 10.0 Å². The molecule has 0 heterocycles. The van der Waals surface area contributed by atoms with Gasteiger partial charge in [0.1, 0.15) is 5.75 Å². The van der Waals surface area contributed by atoms with E-state index in [4.69, 9.17) is 33.7 Å². The Morgan fingerprint density at radius 3 is 2.15 bits per heavy atom. The average Bonchev–Trinajstić information content (AvgIpc) is 2.33. The lowest BCUT2D eigenvalue weighted by atomic mass is 10.2. The van der Waals surface area contributed by atoms with Gasteiger partial charge in [0.2, 0.25) is 0 Å². The fourth-order valence-corrected chi connectivity index (χ4v) is 2.11. The Hall–Kier alpha value is -1.59. The largest absolute Gasteiger partial charge is 0.454 e. The fraction of sp³-hybridized carbons (Fsp3) is 0.0769. The van der Waals surface area contributed by atoms with E-state index in [2.05, 4.69) is 0 Å². The Bertz CT molecular complexity index is 621. The van der Waals surface area contributed by atoms with Crippen LogP contribution in [0.1, 0.15) is 5.56 Å². The molecule has 0 spiro atoms. The summed E-state index contributed by atoms with van der Waals surface area (Å²) in [5.74, 6) is 0.0373. The van der Waals surface area contributed by atoms with E-state index in [1.54, 1.807) is 0 Å². The van der Waals surface area contributed by atoms with E-state index < -0.39 is 11.7 Å². The number of nitrogen functional groups attached to an aromatic ring is 1. The Kier molecular flexibility index (Phi) is 4.01. The van der Waals surface area contributed by atoms with Gasteiger partial charge in [0, 0.05) is 5.69 Å². The van der Waals surface area contributed by atoms with Crippen LogP contribution in [0.25, 0.3) is 0 Å². The molecule has 2 N–H and O–H groups in total. The van der Waals surface area contributed by atoms with Crippen molar-refractivity contribution < 1.29 is 17.9 Å². The second-order valence-electron chi connectivity index (χ2n) is 3.94. The van der Waals surface area contributed by atoms with E-state index in [1.807, 2.05) is 0 Å². The van der Waals surface area contributed by atoms with Crippen LogP contribution in [0.3, 0.4) is 0 Å². The predicted molar refractivity (Wildman–Crippen MR) is 72.4 cm³/mol. The molecule has 0 bridgehead atoms. The second kappa shape index (κ2) is 5.42. The number of alkyl halides is 3. The molecule has 106 valence electrons. The van der Waals surface area contributed by atoms with Gasteiger partial charge in [0.15, 0.2) is 5.75 Å². The van der Waals surface area contributed by atoms with Crippen LogP contribution < -0.4 is 10.5 Å². The van der Waals surface area contributed by atoms with Crippen molar-refractivity contribution in [1.82, 2.24) is 0 Å². The maximum atomic E-state index is 12.6. The van der Waals surface area contributed by atoms with Gasteiger partial charge >= 0.3 is 6.18 Å². The van der Waals surface area contributed by atoms with Gasteiger partial charge in [0.25, 0.3) is 0 Å². The van der Waals surface area contributed by atoms with Gasteiger partial charge in [-0.05, 0) is 30.3 Å². The molecule has 0 aliphatic rings. The second-order valence-corrected chi connectivity index (χ2v) is 4.76. The highest BCUT2D eigenvalue weighted by atomic mass is 35.5. The van der Waals surface area contributed by atoms with Crippen LogP contribution in [0.5, 0.6) is 11.5 Å². The van der Waals surface area contributed by atoms with Crippen molar-refractivity contribution in [3.63, 3.8) is 0 Å². The first-order valence-electron chi connectivity index (χ1n) is 5.37. The summed E-state index contributed by atoms with van der Waals surface area (Å²) in [5, 5.41) is 0.236.